The fourth-order valence-corrected chi connectivity index (χ4v) is 6.29. The number of anilines is 1. The molecule has 2 fully saturated rings. The van der Waals surface area contributed by atoms with Crippen LogP contribution in [0.25, 0.3) is 21.8 Å². The van der Waals surface area contributed by atoms with Crippen molar-refractivity contribution in [2.45, 2.75) is 18.9 Å². The third-order valence-electron chi connectivity index (χ3n) is 7.12. The first-order valence-corrected chi connectivity index (χ1v) is 13.4. The molecule has 1 aliphatic carbocycles. The average Bonchev–Trinajstić information content (AvgIpc) is 3.71. The summed E-state index contributed by atoms with van der Waals surface area (Å²) < 4.78 is 10.6. The van der Waals surface area contributed by atoms with Gasteiger partial charge in [0, 0.05) is 32.3 Å². The van der Waals surface area contributed by atoms with E-state index in [-0.39, 0.29) is 17.7 Å². The molecule has 3 aliphatic rings. The van der Waals surface area contributed by atoms with E-state index in [0.717, 1.165) is 17.7 Å². The molecule has 3 aromatic rings. The van der Waals surface area contributed by atoms with Gasteiger partial charge in [-0.2, -0.15) is 5.10 Å². The number of morpholine rings is 1. The van der Waals surface area contributed by atoms with Crippen LogP contribution >= 0.6 is 11.3 Å². The molecule has 11 nitrogen and oxygen atoms in total. The Morgan fingerprint density at radius 3 is 2.84 bits per heavy atom. The molecule has 0 radical (unpaired) electrons. The van der Waals surface area contributed by atoms with Gasteiger partial charge in [0.15, 0.2) is 5.78 Å². The minimum Gasteiger partial charge on any atom is -0.383 e. The van der Waals surface area contributed by atoms with Crippen molar-refractivity contribution in [2.75, 3.05) is 51.9 Å². The molecule has 2 aromatic heterocycles. The summed E-state index contributed by atoms with van der Waals surface area (Å²) in [5.41, 5.74) is 5.89. The largest absolute Gasteiger partial charge is 0.383 e. The van der Waals surface area contributed by atoms with E-state index in [4.69, 9.17) is 9.47 Å². The van der Waals surface area contributed by atoms with Gasteiger partial charge in [0.2, 0.25) is 0 Å². The van der Waals surface area contributed by atoms with Crippen LogP contribution in [-0.2, 0) is 9.47 Å². The summed E-state index contributed by atoms with van der Waals surface area (Å²) in [6.07, 6.45) is 1.89. The Kier molecular flexibility index (Phi) is 6.70. The van der Waals surface area contributed by atoms with Gasteiger partial charge in [-0.1, -0.05) is 12.1 Å². The number of thiophene rings is 1. The van der Waals surface area contributed by atoms with E-state index in [1.54, 1.807) is 30.3 Å². The lowest BCUT2D eigenvalue weighted by Crippen LogP contribution is -2.49. The van der Waals surface area contributed by atoms with Gasteiger partial charge in [0.1, 0.15) is 5.69 Å². The number of carbonyl (C=O) groups is 3. The van der Waals surface area contributed by atoms with E-state index < -0.39 is 6.03 Å². The molecule has 4 heterocycles. The van der Waals surface area contributed by atoms with Gasteiger partial charge in [-0.25, -0.2) is 9.80 Å². The molecule has 0 saturated carbocycles. The van der Waals surface area contributed by atoms with Crippen LogP contribution in [0.5, 0.6) is 0 Å². The Morgan fingerprint density at radius 2 is 2.03 bits per heavy atom. The summed E-state index contributed by atoms with van der Waals surface area (Å²) in [4.78, 5) is 42.7. The van der Waals surface area contributed by atoms with Crippen molar-refractivity contribution in [1.29, 1.82) is 0 Å². The summed E-state index contributed by atoms with van der Waals surface area (Å²) in [5.74, 6) is -0.248. The SMILES string of the molecule is COC[C@H]1CCCN1C(=O)c1ccc(-c2n[nH]c3c2C(=O)c2c(NC(=O)NN4CCOCC4)cccc2-3)s1. The molecule has 38 heavy (non-hydrogen) atoms. The van der Waals surface area contributed by atoms with Crippen molar-refractivity contribution in [3.8, 4) is 21.8 Å². The highest BCUT2D eigenvalue weighted by molar-refractivity contribution is 7.17. The number of nitrogens with one attached hydrogen (secondary N) is 3. The number of aromatic amines is 1. The van der Waals surface area contributed by atoms with Crippen LogP contribution in [0.15, 0.2) is 30.3 Å². The maximum atomic E-state index is 13.7. The topological polar surface area (TPSA) is 129 Å². The standard InChI is InChI=1S/C26H28N6O5S/c1-36-14-15-4-3-9-32(15)25(34)19-8-7-18(38-19)23-21-22(28-29-23)16-5-2-6-17(20(16)24(21)33)27-26(35)30-31-10-12-37-13-11-31/h2,5-8,15H,3-4,9-14H2,1H3,(H,28,29)(H2,27,30,35)/t15-/m1/s1. The Bertz CT molecular complexity index is 1390. The third kappa shape index (κ3) is 4.39. The summed E-state index contributed by atoms with van der Waals surface area (Å²) in [6.45, 7) is 3.51. The molecule has 3 amide bonds. The molecule has 0 bridgehead atoms. The van der Waals surface area contributed by atoms with E-state index in [2.05, 4.69) is 20.9 Å². The number of likely N-dealkylation sites (tertiary alicyclic amines) is 1. The summed E-state index contributed by atoms with van der Waals surface area (Å²) in [7, 11) is 1.65. The number of methoxy groups -OCH3 is 1. The lowest BCUT2D eigenvalue weighted by Gasteiger charge is -2.27. The number of fused-ring (bicyclic) bond motifs is 3. The Balaban J connectivity index is 1.23. The van der Waals surface area contributed by atoms with Crippen molar-refractivity contribution < 1.29 is 23.9 Å². The number of carbonyl (C=O) groups excluding carboxylic acids is 3. The number of amides is 3. The van der Waals surface area contributed by atoms with Crippen molar-refractivity contribution in [3.05, 3.63) is 46.3 Å². The van der Waals surface area contributed by atoms with Crippen molar-refractivity contribution in [3.63, 3.8) is 0 Å². The second kappa shape index (κ2) is 10.3. The Hall–Kier alpha value is -3.58. The third-order valence-corrected chi connectivity index (χ3v) is 8.20. The normalized spacial score (nSPS) is 18.9. The van der Waals surface area contributed by atoms with E-state index in [0.29, 0.717) is 78.1 Å². The molecule has 0 spiro atoms. The summed E-state index contributed by atoms with van der Waals surface area (Å²) in [6, 6.07) is 8.62. The van der Waals surface area contributed by atoms with Crippen molar-refractivity contribution in [1.82, 2.24) is 25.5 Å². The molecule has 0 unspecified atom stereocenters. The highest BCUT2D eigenvalue weighted by atomic mass is 32.1. The molecule has 2 saturated heterocycles. The van der Waals surface area contributed by atoms with Gasteiger partial charge < -0.3 is 19.7 Å². The smallest absolute Gasteiger partial charge is 0.333 e. The van der Waals surface area contributed by atoms with E-state index in [1.807, 2.05) is 17.0 Å². The molecule has 12 heteroatoms. The highest BCUT2D eigenvalue weighted by Crippen LogP contribution is 2.44. The minimum atomic E-state index is -0.419. The fraction of sp³-hybridized carbons (Fsp3) is 0.385. The zero-order valence-corrected chi connectivity index (χ0v) is 21.7. The highest BCUT2D eigenvalue weighted by Gasteiger charge is 2.36. The molecule has 1 atom stereocenters. The molecule has 2 aliphatic heterocycles. The maximum absolute atomic E-state index is 13.7. The number of aromatic nitrogens is 2. The first-order valence-electron chi connectivity index (χ1n) is 12.6. The van der Waals surface area contributed by atoms with Gasteiger partial charge in [0.05, 0.1) is 58.1 Å². The predicted octanol–water partition coefficient (Wildman–Crippen LogP) is 2.97. The number of rotatable bonds is 6. The van der Waals surface area contributed by atoms with Crippen LogP contribution in [0.2, 0.25) is 0 Å². The second-order valence-electron chi connectivity index (χ2n) is 9.46. The average molecular weight is 537 g/mol. The Labute approximate surface area is 223 Å². The predicted molar refractivity (Wildman–Crippen MR) is 141 cm³/mol. The molecular formula is C26H28N6O5S. The lowest BCUT2D eigenvalue weighted by atomic mass is 10.1. The van der Waals surface area contributed by atoms with Gasteiger partial charge >= 0.3 is 6.03 Å². The van der Waals surface area contributed by atoms with Crippen molar-refractivity contribution >= 4 is 34.7 Å². The van der Waals surface area contributed by atoms with E-state index in [1.165, 1.54) is 11.3 Å². The van der Waals surface area contributed by atoms with Crippen molar-refractivity contribution in [2.24, 2.45) is 0 Å². The van der Waals surface area contributed by atoms with Crippen LogP contribution in [0.4, 0.5) is 10.5 Å². The van der Waals surface area contributed by atoms with E-state index in [9.17, 15) is 14.4 Å². The van der Waals surface area contributed by atoms with Crippen LogP contribution in [0.1, 0.15) is 38.4 Å². The number of hydrazine groups is 1. The molecule has 1 aromatic carbocycles. The van der Waals surface area contributed by atoms with Crippen LogP contribution in [-0.4, -0.2) is 90.4 Å². The number of H-pyrrole nitrogens is 1. The number of benzene rings is 1. The van der Waals surface area contributed by atoms with Crippen LogP contribution < -0.4 is 10.7 Å². The van der Waals surface area contributed by atoms with Crippen LogP contribution in [0.3, 0.4) is 0 Å². The second-order valence-corrected chi connectivity index (χ2v) is 10.5. The van der Waals surface area contributed by atoms with Gasteiger partial charge in [-0.15, -0.1) is 11.3 Å². The molecule has 198 valence electrons. The van der Waals surface area contributed by atoms with Gasteiger partial charge in [-0.3, -0.25) is 20.1 Å². The Morgan fingerprint density at radius 1 is 1.18 bits per heavy atom. The zero-order valence-electron chi connectivity index (χ0n) is 20.9. The number of hydrogen-bond donors (Lipinski definition) is 3. The summed E-state index contributed by atoms with van der Waals surface area (Å²) in [5, 5.41) is 12.1. The lowest BCUT2D eigenvalue weighted by molar-refractivity contribution is 0.0207. The minimum absolute atomic E-state index is 0.0274. The fourth-order valence-electron chi connectivity index (χ4n) is 5.33. The zero-order chi connectivity index (χ0) is 26.2. The monoisotopic (exact) mass is 536 g/mol. The quantitative estimate of drug-likeness (QED) is 0.346. The number of ether oxygens (including phenoxy) is 2. The molecular weight excluding hydrogens is 508 g/mol. The first kappa shape index (κ1) is 24.7. The maximum Gasteiger partial charge on any atom is 0.333 e. The number of nitrogens with zero attached hydrogens (tertiary/aromatic N) is 3. The first-order chi connectivity index (χ1) is 18.5. The molecule has 6 rings (SSSR count). The number of hydrogen-bond acceptors (Lipinski definition) is 8. The molecule has 3 N–H and O–H groups in total. The van der Waals surface area contributed by atoms with Gasteiger partial charge in [0.25, 0.3) is 5.91 Å². The van der Waals surface area contributed by atoms with E-state index >= 15 is 0 Å². The van der Waals surface area contributed by atoms with Crippen LogP contribution in [0, 0.1) is 0 Å². The number of ketones is 1. The van der Waals surface area contributed by atoms with Gasteiger partial charge in [-0.05, 0) is 31.0 Å². The summed E-state index contributed by atoms with van der Waals surface area (Å²) >= 11 is 1.32. The number of urea groups is 1.